The average molecular weight is 294 g/mol. The third kappa shape index (κ3) is 5.59. The summed E-state index contributed by atoms with van der Waals surface area (Å²) >= 11 is 7.18. The number of carbonyl (C=O) groups excluding carboxylic acids is 1. The minimum absolute atomic E-state index is 0.336. The van der Waals surface area contributed by atoms with Crippen LogP contribution in [0.15, 0.2) is 30.3 Å². The number of methoxy groups -OCH3 is 1. The Kier molecular flexibility index (Phi) is 6.66. The maximum atomic E-state index is 11.1. The van der Waals surface area contributed by atoms with Crippen LogP contribution in [0.4, 0.5) is 0 Å². The van der Waals surface area contributed by atoms with Gasteiger partial charge in [0.05, 0.1) is 7.11 Å². The van der Waals surface area contributed by atoms with E-state index in [1.165, 1.54) is 18.7 Å². The van der Waals surface area contributed by atoms with Crippen LogP contribution in [0.1, 0.15) is 6.92 Å². The van der Waals surface area contributed by atoms with Crippen LogP contribution in [0.3, 0.4) is 0 Å². The molecule has 94 valence electrons. The molecule has 0 fully saturated rings. The van der Waals surface area contributed by atoms with E-state index < -0.39 is 12.7 Å². The fourth-order valence-corrected chi connectivity index (χ4v) is 3.28. The first-order chi connectivity index (χ1) is 8.13. The molecule has 0 saturated carbocycles. The third-order valence-corrected chi connectivity index (χ3v) is 4.53. The van der Waals surface area contributed by atoms with Crippen LogP contribution >= 0.6 is 29.5 Å². The predicted octanol–water partition coefficient (Wildman–Crippen LogP) is 3.33. The van der Waals surface area contributed by atoms with E-state index >= 15 is 0 Å². The Hall–Kier alpha value is -0.480. The molecule has 1 rings (SSSR count). The lowest BCUT2D eigenvalue weighted by Crippen LogP contribution is -2.29. The lowest BCUT2D eigenvalue weighted by molar-refractivity contribution is -0.142. The van der Waals surface area contributed by atoms with Gasteiger partial charge in [0.2, 0.25) is 0 Å². The van der Waals surface area contributed by atoms with E-state index in [0.29, 0.717) is 5.75 Å². The third-order valence-electron chi connectivity index (χ3n) is 1.78. The maximum absolute atomic E-state index is 11.1. The molecule has 2 atom stereocenters. The monoisotopic (exact) mass is 293 g/mol. The van der Waals surface area contributed by atoms with Crippen molar-refractivity contribution in [2.24, 2.45) is 0 Å². The standard InChI is InChI=1S/C10H13ClNO3PS/c1-8(10(13)14-2)12-17-16(11)15-9-6-4-3-5-7-9/h3-8,12H,1-2H3/t8-,16?/m0/s1. The number of benzene rings is 1. The van der Waals surface area contributed by atoms with Crippen LogP contribution in [-0.4, -0.2) is 19.1 Å². The summed E-state index contributed by atoms with van der Waals surface area (Å²) in [6.45, 7) is 0.447. The van der Waals surface area contributed by atoms with E-state index in [-0.39, 0.29) is 5.97 Å². The van der Waals surface area contributed by atoms with Gasteiger partial charge < -0.3 is 9.26 Å². The van der Waals surface area contributed by atoms with Gasteiger partial charge in [0.25, 0.3) is 6.70 Å². The largest absolute Gasteiger partial charge is 0.468 e. The Labute approximate surface area is 111 Å². The molecular weight excluding hydrogens is 281 g/mol. The predicted molar refractivity (Wildman–Crippen MR) is 72.0 cm³/mol. The first kappa shape index (κ1) is 14.6. The first-order valence-corrected chi connectivity index (χ1v) is 8.41. The lowest BCUT2D eigenvalue weighted by atomic mass is 10.3. The van der Waals surface area contributed by atoms with E-state index in [2.05, 4.69) is 9.46 Å². The number of carbonyl (C=O) groups is 1. The van der Waals surface area contributed by atoms with Gasteiger partial charge in [-0.25, -0.2) is 4.72 Å². The molecule has 0 aliphatic rings. The zero-order chi connectivity index (χ0) is 12.7. The van der Waals surface area contributed by atoms with Crippen molar-refractivity contribution in [3.63, 3.8) is 0 Å². The van der Waals surface area contributed by atoms with E-state index in [9.17, 15) is 4.79 Å². The number of rotatable bonds is 6. The van der Waals surface area contributed by atoms with Gasteiger partial charge in [-0.2, -0.15) is 0 Å². The zero-order valence-corrected chi connectivity index (χ0v) is 11.9. The highest BCUT2D eigenvalue weighted by atomic mass is 35.7. The number of hydrogen-bond acceptors (Lipinski definition) is 5. The van der Waals surface area contributed by atoms with Crippen molar-refractivity contribution in [1.82, 2.24) is 4.72 Å². The minimum Gasteiger partial charge on any atom is -0.468 e. The Morgan fingerprint density at radius 3 is 2.71 bits per heavy atom. The number of para-hydroxylation sites is 1. The number of esters is 1. The summed E-state index contributed by atoms with van der Waals surface area (Å²) in [5.74, 6) is 0.367. The van der Waals surface area contributed by atoms with Gasteiger partial charge >= 0.3 is 5.97 Å². The molecule has 1 unspecified atom stereocenters. The van der Waals surface area contributed by atoms with Gasteiger partial charge in [-0.05, 0) is 30.3 Å². The molecule has 0 aliphatic carbocycles. The topological polar surface area (TPSA) is 47.6 Å². The normalized spacial score (nSPS) is 13.8. The van der Waals surface area contributed by atoms with E-state index in [4.69, 9.17) is 15.8 Å². The Balaban J connectivity index is 2.31. The van der Waals surface area contributed by atoms with Gasteiger partial charge in [-0.15, -0.1) is 0 Å². The van der Waals surface area contributed by atoms with Gasteiger partial charge in [-0.1, -0.05) is 18.2 Å². The summed E-state index contributed by atoms with van der Waals surface area (Å²) in [6, 6.07) is 8.85. The molecule has 7 heteroatoms. The molecule has 0 aromatic heterocycles. The van der Waals surface area contributed by atoms with E-state index in [0.717, 1.165) is 0 Å². The Morgan fingerprint density at radius 2 is 2.12 bits per heavy atom. The second-order valence-corrected chi connectivity index (χ2v) is 7.16. The summed E-state index contributed by atoms with van der Waals surface area (Å²) in [5.41, 5.74) is 0. The summed E-state index contributed by atoms with van der Waals surface area (Å²) in [5, 5.41) is 0. The van der Waals surface area contributed by atoms with Crippen LogP contribution in [0.2, 0.25) is 0 Å². The van der Waals surface area contributed by atoms with Crippen molar-refractivity contribution in [2.75, 3.05) is 7.11 Å². The quantitative estimate of drug-likeness (QED) is 0.495. The highest BCUT2D eigenvalue weighted by Gasteiger charge is 2.16. The molecule has 4 nitrogen and oxygen atoms in total. The molecule has 0 amide bonds. The van der Waals surface area contributed by atoms with Gasteiger partial charge in [-0.3, -0.25) is 4.79 Å². The molecule has 0 heterocycles. The van der Waals surface area contributed by atoms with Crippen LogP contribution in [0, 0.1) is 0 Å². The molecule has 1 N–H and O–H groups in total. The summed E-state index contributed by atoms with van der Waals surface area (Å²) in [6.07, 6.45) is 0. The highest BCUT2D eigenvalue weighted by Crippen LogP contribution is 2.53. The van der Waals surface area contributed by atoms with Crippen molar-refractivity contribution in [3.8, 4) is 5.75 Å². The number of nitrogens with one attached hydrogen (secondary N) is 1. The lowest BCUT2D eigenvalue weighted by Gasteiger charge is -2.14. The zero-order valence-electron chi connectivity index (χ0n) is 9.42. The van der Waals surface area contributed by atoms with Crippen LogP contribution in [0.25, 0.3) is 0 Å². The number of ether oxygens (including phenoxy) is 1. The SMILES string of the molecule is COC(=O)[C@H](C)NSP(Cl)Oc1ccccc1. The van der Waals surface area contributed by atoms with Crippen LogP contribution in [0.5, 0.6) is 5.75 Å². The fraction of sp³-hybridized carbons (Fsp3) is 0.300. The molecular formula is C10H13ClNO3PS. The second-order valence-electron chi connectivity index (χ2n) is 3.07. The van der Waals surface area contributed by atoms with Crippen molar-refractivity contribution in [2.45, 2.75) is 13.0 Å². The summed E-state index contributed by atoms with van der Waals surface area (Å²) in [7, 11) is 1.34. The molecule has 1 aromatic carbocycles. The van der Waals surface area contributed by atoms with Crippen molar-refractivity contribution in [3.05, 3.63) is 30.3 Å². The smallest absolute Gasteiger partial charge is 0.323 e. The van der Waals surface area contributed by atoms with Crippen LogP contribution in [-0.2, 0) is 9.53 Å². The van der Waals surface area contributed by atoms with Gasteiger partial charge in [0, 0.05) is 11.6 Å². The van der Waals surface area contributed by atoms with Crippen molar-refractivity contribution in [1.29, 1.82) is 0 Å². The average Bonchev–Trinajstić information content (AvgIpc) is 2.36. The number of halogens is 1. The molecule has 1 aromatic rings. The Morgan fingerprint density at radius 1 is 1.47 bits per heavy atom. The van der Waals surface area contributed by atoms with E-state index in [1.807, 2.05) is 30.3 Å². The second kappa shape index (κ2) is 7.77. The molecule has 0 aliphatic heterocycles. The van der Waals surface area contributed by atoms with E-state index in [1.54, 1.807) is 6.92 Å². The van der Waals surface area contributed by atoms with Crippen molar-refractivity contribution >= 4 is 35.5 Å². The molecule has 0 bridgehead atoms. The Bertz CT molecular complexity index is 355. The van der Waals surface area contributed by atoms with Gasteiger partial charge in [0.15, 0.2) is 0 Å². The molecule has 0 saturated heterocycles. The number of hydrogen-bond donors (Lipinski definition) is 1. The first-order valence-electron chi connectivity index (χ1n) is 4.82. The fourth-order valence-electron chi connectivity index (χ4n) is 0.928. The van der Waals surface area contributed by atoms with Crippen molar-refractivity contribution < 1.29 is 14.1 Å². The molecule has 17 heavy (non-hydrogen) atoms. The summed E-state index contributed by atoms with van der Waals surface area (Å²) < 4.78 is 12.9. The maximum Gasteiger partial charge on any atom is 0.323 e. The molecule has 0 spiro atoms. The van der Waals surface area contributed by atoms with Crippen LogP contribution < -0.4 is 9.25 Å². The minimum atomic E-state index is -1.25. The molecule has 0 radical (unpaired) electrons. The summed E-state index contributed by atoms with van der Waals surface area (Å²) in [4.78, 5) is 11.1. The highest BCUT2D eigenvalue weighted by molar-refractivity contribution is 8.60. The van der Waals surface area contributed by atoms with Gasteiger partial charge in [0.1, 0.15) is 11.8 Å².